The smallest absolute Gasteiger partial charge is 0.194 e. The third-order valence-corrected chi connectivity index (χ3v) is 1.15. The highest BCUT2D eigenvalue weighted by Crippen LogP contribution is 2.11. The molecular weight excluding hydrogens is 126 g/mol. The van der Waals surface area contributed by atoms with Gasteiger partial charge in [0.15, 0.2) is 0 Å². The van der Waals surface area contributed by atoms with Crippen LogP contribution in [0.15, 0.2) is 12.7 Å². The molecule has 1 N–H and O–H groups in total. The minimum atomic E-state index is 0.317. The molecule has 0 atom stereocenters. The first-order chi connectivity index (χ1) is 4.58. The van der Waals surface area contributed by atoms with Crippen LogP contribution >= 0.6 is 0 Å². The van der Waals surface area contributed by atoms with Gasteiger partial charge in [-0.3, -0.25) is 0 Å². The molecule has 0 aliphatic heterocycles. The minimum absolute atomic E-state index is 0.317. The lowest BCUT2D eigenvalue weighted by Gasteiger charge is -2.13. The summed E-state index contributed by atoms with van der Waals surface area (Å²) < 4.78 is 1.97. The van der Waals surface area contributed by atoms with Crippen LogP contribution in [0.4, 0.5) is 0 Å². The topological polar surface area (TPSA) is 32.6 Å². The average Bonchev–Trinajstić information content (AvgIpc) is 2.12. The molecule has 0 aliphatic carbocycles. The van der Waals surface area contributed by atoms with E-state index < -0.39 is 0 Å². The fraction of sp³-hybridized carbons (Fsp3) is 0.714. The van der Waals surface area contributed by atoms with Gasteiger partial charge in [-0.1, -0.05) is 20.8 Å². The second-order valence-electron chi connectivity index (χ2n) is 3.71. The van der Waals surface area contributed by atoms with E-state index in [4.69, 9.17) is 0 Å². The summed E-state index contributed by atoms with van der Waals surface area (Å²) >= 11 is 0. The van der Waals surface area contributed by atoms with Crippen LogP contribution in [-0.2, 0) is 6.54 Å². The van der Waals surface area contributed by atoms with Crippen molar-refractivity contribution in [3.05, 3.63) is 12.7 Å². The molecular formula is C7H14N3+. The molecule has 3 heteroatoms. The third kappa shape index (κ3) is 2.17. The highest BCUT2D eigenvalue weighted by atomic mass is 15.3. The Hall–Kier alpha value is -0.860. The Balaban J connectivity index is 2.57. The van der Waals surface area contributed by atoms with Gasteiger partial charge in [0.25, 0.3) is 0 Å². The fourth-order valence-corrected chi connectivity index (χ4v) is 0.852. The highest BCUT2D eigenvalue weighted by molar-refractivity contribution is 4.52. The van der Waals surface area contributed by atoms with Gasteiger partial charge in [-0.2, -0.15) is 9.78 Å². The summed E-state index contributed by atoms with van der Waals surface area (Å²) in [6.45, 7) is 7.56. The van der Waals surface area contributed by atoms with E-state index in [1.165, 1.54) is 0 Å². The Morgan fingerprint density at radius 1 is 1.50 bits per heavy atom. The van der Waals surface area contributed by atoms with Crippen LogP contribution in [0.5, 0.6) is 0 Å². The van der Waals surface area contributed by atoms with Crippen molar-refractivity contribution in [2.24, 2.45) is 5.41 Å². The van der Waals surface area contributed by atoms with Gasteiger partial charge in [-0.25, -0.2) is 0 Å². The lowest BCUT2D eigenvalue weighted by Crippen LogP contribution is -2.41. The Bertz CT molecular complexity index is 183. The monoisotopic (exact) mass is 140 g/mol. The zero-order valence-electron chi connectivity index (χ0n) is 6.76. The Morgan fingerprint density at radius 3 is 2.60 bits per heavy atom. The van der Waals surface area contributed by atoms with E-state index in [0.29, 0.717) is 5.41 Å². The molecule has 0 aromatic carbocycles. The van der Waals surface area contributed by atoms with Crippen LogP contribution in [0.1, 0.15) is 20.8 Å². The summed E-state index contributed by atoms with van der Waals surface area (Å²) in [6.07, 6.45) is 3.48. The van der Waals surface area contributed by atoms with Gasteiger partial charge >= 0.3 is 6.33 Å². The number of aromatic amines is 1. The van der Waals surface area contributed by atoms with Crippen molar-refractivity contribution in [2.45, 2.75) is 27.3 Å². The van der Waals surface area contributed by atoms with Crippen LogP contribution in [-0.4, -0.2) is 10.1 Å². The molecule has 3 nitrogen and oxygen atoms in total. The molecule has 0 radical (unpaired) electrons. The van der Waals surface area contributed by atoms with Crippen molar-refractivity contribution >= 4 is 0 Å². The predicted octanol–water partition coefficient (Wildman–Crippen LogP) is 0.743. The quantitative estimate of drug-likeness (QED) is 0.573. The van der Waals surface area contributed by atoms with Gasteiger partial charge in [-0.05, 0) is 4.98 Å². The van der Waals surface area contributed by atoms with E-state index in [9.17, 15) is 0 Å². The summed E-state index contributed by atoms with van der Waals surface area (Å²) in [5.74, 6) is 0. The summed E-state index contributed by atoms with van der Waals surface area (Å²) in [4.78, 5) is 3.91. The first-order valence-electron chi connectivity index (χ1n) is 3.46. The number of hydrogen-bond donors (Lipinski definition) is 1. The van der Waals surface area contributed by atoms with E-state index in [-0.39, 0.29) is 0 Å². The SMILES string of the molecule is CC(C)(C)C[n+]1cnc[nH]1. The first-order valence-corrected chi connectivity index (χ1v) is 3.46. The molecule has 0 fully saturated rings. The molecule has 0 bridgehead atoms. The normalized spacial score (nSPS) is 11.9. The van der Waals surface area contributed by atoms with Crippen molar-refractivity contribution in [3.8, 4) is 0 Å². The van der Waals surface area contributed by atoms with Gasteiger partial charge in [0.05, 0.1) is 0 Å². The number of nitrogens with one attached hydrogen (secondary N) is 1. The van der Waals surface area contributed by atoms with Crippen LogP contribution in [0.25, 0.3) is 0 Å². The van der Waals surface area contributed by atoms with Gasteiger partial charge < -0.3 is 0 Å². The molecule has 0 saturated carbocycles. The van der Waals surface area contributed by atoms with Gasteiger partial charge in [-0.15, -0.1) is 0 Å². The van der Waals surface area contributed by atoms with Gasteiger partial charge in [0.1, 0.15) is 6.54 Å². The van der Waals surface area contributed by atoms with E-state index in [1.54, 1.807) is 12.7 Å². The minimum Gasteiger partial charge on any atom is -0.194 e. The molecule has 1 aromatic rings. The Morgan fingerprint density at radius 2 is 2.20 bits per heavy atom. The lowest BCUT2D eigenvalue weighted by atomic mass is 9.97. The second kappa shape index (κ2) is 2.40. The zero-order valence-corrected chi connectivity index (χ0v) is 6.76. The number of rotatable bonds is 1. The molecule has 0 aliphatic rings. The van der Waals surface area contributed by atoms with Crippen LogP contribution in [0, 0.1) is 5.41 Å². The second-order valence-corrected chi connectivity index (χ2v) is 3.71. The average molecular weight is 140 g/mol. The molecule has 10 heavy (non-hydrogen) atoms. The molecule has 1 rings (SSSR count). The molecule has 56 valence electrons. The van der Waals surface area contributed by atoms with Crippen molar-refractivity contribution in [2.75, 3.05) is 0 Å². The lowest BCUT2D eigenvalue weighted by molar-refractivity contribution is -0.761. The number of H-pyrrole nitrogens is 1. The maximum absolute atomic E-state index is 3.91. The standard InChI is InChI=1S/C7H13N3/c1-7(2,3)4-10-6-8-5-9-10/h5-6H,4H2,1-3H3/p+1. The molecule has 0 saturated heterocycles. The fourth-order valence-electron chi connectivity index (χ4n) is 0.852. The largest absolute Gasteiger partial charge is 0.306 e. The highest BCUT2D eigenvalue weighted by Gasteiger charge is 2.14. The summed E-state index contributed by atoms with van der Waals surface area (Å²) in [6, 6.07) is 0. The molecule has 0 spiro atoms. The van der Waals surface area contributed by atoms with Crippen molar-refractivity contribution in [3.63, 3.8) is 0 Å². The maximum Gasteiger partial charge on any atom is 0.306 e. The van der Waals surface area contributed by atoms with Crippen molar-refractivity contribution in [1.82, 2.24) is 10.1 Å². The van der Waals surface area contributed by atoms with Crippen molar-refractivity contribution < 1.29 is 4.68 Å². The predicted molar refractivity (Wildman–Crippen MR) is 38.2 cm³/mol. The summed E-state index contributed by atoms with van der Waals surface area (Å²) in [7, 11) is 0. The van der Waals surface area contributed by atoms with E-state index in [0.717, 1.165) is 6.54 Å². The van der Waals surface area contributed by atoms with Crippen LogP contribution in [0.2, 0.25) is 0 Å². The van der Waals surface area contributed by atoms with E-state index in [2.05, 4.69) is 30.9 Å². The van der Waals surface area contributed by atoms with E-state index >= 15 is 0 Å². The molecule has 0 amide bonds. The maximum atomic E-state index is 3.91. The summed E-state index contributed by atoms with van der Waals surface area (Å²) in [5, 5.41) is 3.00. The molecule has 0 unspecified atom stereocenters. The summed E-state index contributed by atoms with van der Waals surface area (Å²) in [5.41, 5.74) is 0.317. The number of aromatic nitrogens is 3. The van der Waals surface area contributed by atoms with Crippen LogP contribution in [0.3, 0.4) is 0 Å². The third-order valence-electron chi connectivity index (χ3n) is 1.15. The Kier molecular flexibility index (Phi) is 1.74. The zero-order chi connectivity index (χ0) is 7.61. The van der Waals surface area contributed by atoms with Crippen molar-refractivity contribution in [1.29, 1.82) is 0 Å². The molecule has 1 heterocycles. The number of nitrogens with zero attached hydrogens (tertiary/aromatic N) is 2. The van der Waals surface area contributed by atoms with E-state index in [1.807, 2.05) is 4.68 Å². The molecule has 1 aromatic heterocycles. The Labute approximate surface area is 61.1 Å². The number of hydrogen-bond acceptors (Lipinski definition) is 1. The van der Waals surface area contributed by atoms with Crippen LogP contribution < -0.4 is 4.68 Å². The van der Waals surface area contributed by atoms with Gasteiger partial charge in [0.2, 0.25) is 6.33 Å². The van der Waals surface area contributed by atoms with Gasteiger partial charge in [0, 0.05) is 5.41 Å². The first kappa shape index (κ1) is 7.25.